The Kier molecular flexibility index (Phi) is 4.12. The van der Waals surface area contributed by atoms with Crippen molar-refractivity contribution in [2.24, 2.45) is 5.92 Å². The van der Waals surface area contributed by atoms with Gasteiger partial charge >= 0.3 is 0 Å². The smallest absolute Gasteiger partial charge is 0.120 e. The highest BCUT2D eigenvalue weighted by Gasteiger charge is 2.24. The van der Waals surface area contributed by atoms with Crippen molar-refractivity contribution in [2.45, 2.75) is 45.7 Å². The fraction of sp³-hybridized carbons (Fsp3) is 0.600. The molecule has 1 aromatic rings. The largest absolute Gasteiger partial charge is 0.508 e. The summed E-state index contributed by atoms with van der Waals surface area (Å²) in [4.78, 5) is 2.46. The number of anilines is 1. The van der Waals surface area contributed by atoms with Crippen molar-refractivity contribution < 1.29 is 5.11 Å². The molecule has 1 aliphatic heterocycles. The first kappa shape index (κ1) is 13.2. The van der Waals surface area contributed by atoms with Crippen molar-refractivity contribution >= 4 is 5.69 Å². The topological polar surface area (TPSA) is 49.5 Å². The minimum Gasteiger partial charge on any atom is -0.508 e. The highest BCUT2D eigenvalue weighted by atomic mass is 16.3. The maximum absolute atomic E-state index is 9.89. The average Bonchev–Trinajstić information content (AvgIpc) is 2.36. The summed E-state index contributed by atoms with van der Waals surface area (Å²) < 4.78 is 0. The second-order valence-electron chi connectivity index (χ2n) is 5.52. The zero-order valence-electron chi connectivity index (χ0n) is 11.4. The maximum atomic E-state index is 9.89. The molecule has 1 aliphatic rings. The Morgan fingerprint density at radius 1 is 1.39 bits per heavy atom. The number of phenolic OH excluding ortho intramolecular Hbond substituents is 1. The Morgan fingerprint density at radius 2 is 2.17 bits per heavy atom. The predicted octanol–water partition coefficient (Wildman–Crippen LogP) is 2.98. The fourth-order valence-electron chi connectivity index (χ4n) is 2.77. The van der Waals surface area contributed by atoms with E-state index < -0.39 is 0 Å². The van der Waals surface area contributed by atoms with Crippen molar-refractivity contribution in [3.05, 3.63) is 23.8 Å². The Hall–Kier alpha value is -1.22. The lowest BCUT2D eigenvalue weighted by Crippen LogP contribution is -2.41. The van der Waals surface area contributed by atoms with Crippen LogP contribution in [0.3, 0.4) is 0 Å². The minimum atomic E-state index is 0.357. The summed E-state index contributed by atoms with van der Waals surface area (Å²) in [7, 11) is 0. The number of aromatic hydroxyl groups is 1. The van der Waals surface area contributed by atoms with Gasteiger partial charge in [0.1, 0.15) is 5.75 Å². The van der Waals surface area contributed by atoms with Crippen LogP contribution in [0.15, 0.2) is 18.2 Å². The number of benzene rings is 1. The van der Waals surface area contributed by atoms with E-state index in [9.17, 15) is 5.11 Å². The Bertz CT molecular complexity index is 405. The molecule has 100 valence electrons. The van der Waals surface area contributed by atoms with Crippen LogP contribution in [0.25, 0.3) is 0 Å². The summed E-state index contributed by atoms with van der Waals surface area (Å²) in [6.45, 7) is 6.46. The van der Waals surface area contributed by atoms with Gasteiger partial charge in [0.2, 0.25) is 0 Å². The minimum absolute atomic E-state index is 0.357. The van der Waals surface area contributed by atoms with Crippen molar-refractivity contribution in [2.75, 3.05) is 12.3 Å². The van der Waals surface area contributed by atoms with Gasteiger partial charge in [0.25, 0.3) is 0 Å². The third-order valence-corrected chi connectivity index (χ3v) is 4.16. The zero-order valence-corrected chi connectivity index (χ0v) is 11.4. The number of piperidine rings is 1. The van der Waals surface area contributed by atoms with E-state index in [2.05, 4.69) is 18.7 Å². The summed E-state index contributed by atoms with van der Waals surface area (Å²) in [5.74, 6) is 1.15. The first-order valence-corrected chi connectivity index (χ1v) is 6.91. The lowest BCUT2D eigenvalue weighted by Gasteiger charge is -2.38. The van der Waals surface area contributed by atoms with E-state index in [1.165, 1.54) is 19.3 Å². The molecule has 2 unspecified atom stereocenters. The number of nitrogens with two attached hydrogens (primary N) is 1. The van der Waals surface area contributed by atoms with Gasteiger partial charge in [-0.25, -0.2) is 0 Å². The molecule has 0 spiro atoms. The molecule has 0 aromatic heterocycles. The van der Waals surface area contributed by atoms with E-state index >= 15 is 0 Å². The predicted molar refractivity (Wildman–Crippen MR) is 75.4 cm³/mol. The molecule has 1 aromatic carbocycles. The molecule has 2 rings (SSSR count). The molecular weight excluding hydrogens is 224 g/mol. The van der Waals surface area contributed by atoms with Crippen LogP contribution < -0.4 is 5.73 Å². The van der Waals surface area contributed by atoms with Gasteiger partial charge in [-0.05, 0) is 43.9 Å². The van der Waals surface area contributed by atoms with Gasteiger partial charge in [-0.2, -0.15) is 0 Å². The lowest BCUT2D eigenvalue weighted by atomic mass is 9.91. The first-order valence-electron chi connectivity index (χ1n) is 6.91. The Morgan fingerprint density at radius 3 is 2.89 bits per heavy atom. The SMILES string of the molecule is CCC1CCC(C)N(Cc2cc(N)ccc2O)C1. The van der Waals surface area contributed by atoms with E-state index in [0.29, 0.717) is 11.8 Å². The highest BCUT2D eigenvalue weighted by molar-refractivity contribution is 5.47. The van der Waals surface area contributed by atoms with Gasteiger partial charge in [0.15, 0.2) is 0 Å². The van der Waals surface area contributed by atoms with Crippen LogP contribution in [-0.2, 0) is 6.54 Å². The molecule has 1 fully saturated rings. The van der Waals surface area contributed by atoms with E-state index in [-0.39, 0.29) is 0 Å². The second kappa shape index (κ2) is 5.61. The maximum Gasteiger partial charge on any atom is 0.120 e. The van der Waals surface area contributed by atoms with Crippen LogP contribution in [0.5, 0.6) is 5.75 Å². The van der Waals surface area contributed by atoms with Gasteiger partial charge < -0.3 is 10.8 Å². The second-order valence-corrected chi connectivity index (χ2v) is 5.52. The first-order chi connectivity index (χ1) is 8.60. The van der Waals surface area contributed by atoms with Crippen molar-refractivity contribution in [3.63, 3.8) is 0 Å². The number of nitrogen functional groups attached to an aromatic ring is 1. The summed E-state index contributed by atoms with van der Waals surface area (Å²) in [6.07, 6.45) is 3.82. The average molecular weight is 248 g/mol. The molecule has 3 nitrogen and oxygen atoms in total. The van der Waals surface area contributed by atoms with E-state index in [1.54, 1.807) is 12.1 Å². The number of hydrogen-bond donors (Lipinski definition) is 2. The van der Waals surface area contributed by atoms with E-state index in [0.717, 1.165) is 30.3 Å². The van der Waals surface area contributed by atoms with Gasteiger partial charge in [-0.1, -0.05) is 13.3 Å². The number of nitrogens with zero attached hydrogens (tertiary/aromatic N) is 1. The monoisotopic (exact) mass is 248 g/mol. The Labute approximate surface area is 110 Å². The van der Waals surface area contributed by atoms with Crippen LogP contribution in [0.2, 0.25) is 0 Å². The number of hydrogen-bond acceptors (Lipinski definition) is 3. The molecular formula is C15H24N2O. The fourth-order valence-corrected chi connectivity index (χ4v) is 2.77. The molecule has 0 saturated carbocycles. The number of phenols is 1. The van der Waals surface area contributed by atoms with E-state index in [1.807, 2.05) is 6.07 Å². The van der Waals surface area contributed by atoms with Gasteiger partial charge in [-0.3, -0.25) is 4.90 Å². The lowest BCUT2D eigenvalue weighted by molar-refractivity contribution is 0.107. The molecule has 0 aliphatic carbocycles. The molecule has 3 N–H and O–H groups in total. The van der Waals surface area contributed by atoms with Crippen LogP contribution in [0.4, 0.5) is 5.69 Å². The summed E-state index contributed by atoms with van der Waals surface area (Å²) in [6, 6.07) is 5.91. The van der Waals surface area contributed by atoms with Crippen molar-refractivity contribution in [1.82, 2.24) is 4.90 Å². The van der Waals surface area contributed by atoms with Crippen molar-refractivity contribution in [1.29, 1.82) is 0 Å². The zero-order chi connectivity index (χ0) is 13.1. The van der Waals surface area contributed by atoms with Crippen LogP contribution >= 0.6 is 0 Å². The van der Waals surface area contributed by atoms with E-state index in [4.69, 9.17) is 5.73 Å². The third kappa shape index (κ3) is 2.96. The summed E-state index contributed by atoms with van der Waals surface area (Å²) >= 11 is 0. The van der Waals surface area contributed by atoms with Gasteiger partial charge in [0.05, 0.1) is 0 Å². The third-order valence-electron chi connectivity index (χ3n) is 4.16. The molecule has 3 heteroatoms. The summed E-state index contributed by atoms with van der Waals surface area (Å²) in [5.41, 5.74) is 7.46. The Balaban J connectivity index is 2.09. The molecule has 0 radical (unpaired) electrons. The molecule has 0 bridgehead atoms. The molecule has 1 heterocycles. The number of likely N-dealkylation sites (tertiary alicyclic amines) is 1. The molecule has 0 amide bonds. The molecule has 1 saturated heterocycles. The quantitative estimate of drug-likeness (QED) is 0.638. The normalized spacial score (nSPS) is 25.2. The molecule has 18 heavy (non-hydrogen) atoms. The van der Waals surface area contributed by atoms with Crippen LogP contribution in [0, 0.1) is 5.92 Å². The van der Waals surface area contributed by atoms with Gasteiger partial charge in [-0.15, -0.1) is 0 Å². The number of rotatable bonds is 3. The van der Waals surface area contributed by atoms with Crippen LogP contribution in [-0.4, -0.2) is 22.6 Å². The highest BCUT2D eigenvalue weighted by Crippen LogP contribution is 2.28. The van der Waals surface area contributed by atoms with Crippen LogP contribution in [0.1, 0.15) is 38.7 Å². The molecule has 2 atom stereocenters. The standard InChI is InChI=1S/C15H24N2O/c1-3-12-5-4-11(2)17(9-12)10-13-8-14(16)6-7-15(13)18/h6-8,11-12,18H,3-5,9-10,16H2,1-2H3. The van der Waals surface area contributed by atoms with Gasteiger partial charge in [0, 0.05) is 30.4 Å². The van der Waals surface area contributed by atoms with Crippen molar-refractivity contribution in [3.8, 4) is 5.75 Å². The summed E-state index contributed by atoms with van der Waals surface area (Å²) in [5, 5.41) is 9.89.